The Balaban J connectivity index is 1.53. The Kier molecular flexibility index (Phi) is 7.01. The molecule has 3 rings (SSSR count). The van der Waals surface area contributed by atoms with Crippen LogP contribution >= 0.6 is 0 Å². The molecule has 2 fully saturated rings. The largest absolute Gasteiger partial charge is 0.434 e. The predicted molar refractivity (Wildman–Crippen MR) is 102 cm³/mol. The quantitative estimate of drug-likeness (QED) is 0.720. The van der Waals surface area contributed by atoms with E-state index < -0.39 is 6.61 Å². The van der Waals surface area contributed by atoms with E-state index >= 15 is 0 Å². The zero-order chi connectivity index (χ0) is 19.9. The topological polar surface area (TPSA) is 49.9 Å². The molecule has 0 unspecified atom stereocenters. The summed E-state index contributed by atoms with van der Waals surface area (Å²) in [5, 5.41) is 0. The van der Waals surface area contributed by atoms with Gasteiger partial charge >= 0.3 is 6.61 Å². The maximum Gasteiger partial charge on any atom is 0.387 e. The lowest BCUT2D eigenvalue weighted by molar-refractivity contribution is -0.140. The number of likely N-dealkylation sites (tertiary alicyclic amines) is 2. The average Bonchev–Trinajstić information content (AvgIpc) is 2.73. The summed E-state index contributed by atoms with van der Waals surface area (Å²) >= 11 is 0. The molecule has 0 atom stereocenters. The molecule has 2 saturated heterocycles. The van der Waals surface area contributed by atoms with E-state index in [0.29, 0.717) is 31.5 Å². The van der Waals surface area contributed by atoms with Crippen LogP contribution in [0.3, 0.4) is 0 Å². The first-order valence-corrected chi connectivity index (χ1v) is 9.84. The number of hydrogen-bond acceptors (Lipinski definition) is 3. The van der Waals surface area contributed by atoms with Crippen LogP contribution in [0.2, 0.25) is 0 Å². The van der Waals surface area contributed by atoms with Gasteiger partial charge in [0.05, 0.1) is 0 Å². The van der Waals surface area contributed by atoms with E-state index in [1.807, 2.05) is 4.90 Å². The first-order valence-electron chi connectivity index (χ1n) is 9.84. The highest BCUT2D eigenvalue weighted by Crippen LogP contribution is 2.24. The summed E-state index contributed by atoms with van der Waals surface area (Å²) in [7, 11) is 0. The number of halogens is 2. The molecule has 28 heavy (non-hydrogen) atoms. The van der Waals surface area contributed by atoms with Crippen molar-refractivity contribution in [2.45, 2.75) is 38.7 Å². The number of piperidine rings is 2. The maximum absolute atomic E-state index is 12.6. The van der Waals surface area contributed by atoms with Gasteiger partial charge in [-0.1, -0.05) is 18.2 Å². The standard InChI is InChI=1S/C21H26F2N2O3/c22-21(23)28-18-7-3-2-6-16(18)8-9-19(26)24-14-10-17(11-15-24)20(27)25-12-4-1-5-13-25/h2-3,6-9,17,21H,1,4-5,10-15H2/b9-8+. The number of alkyl halides is 2. The van der Waals surface area contributed by atoms with Crippen molar-refractivity contribution in [3.63, 3.8) is 0 Å². The highest BCUT2D eigenvalue weighted by atomic mass is 19.3. The molecule has 0 aromatic heterocycles. The van der Waals surface area contributed by atoms with E-state index in [4.69, 9.17) is 0 Å². The van der Waals surface area contributed by atoms with E-state index in [0.717, 1.165) is 25.9 Å². The Hall–Kier alpha value is -2.44. The lowest BCUT2D eigenvalue weighted by Crippen LogP contribution is -2.45. The van der Waals surface area contributed by atoms with Gasteiger partial charge in [0, 0.05) is 43.7 Å². The van der Waals surface area contributed by atoms with Gasteiger partial charge < -0.3 is 14.5 Å². The highest BCUT2D eigenvalue weighted by Gasteiger charge is 2.30. The van der Waals surface area contributed by atoms with Crippen LogP contribution in [0, 0.1) is 5.92 Å². The molecule has 1 aromatic rings. The SMILES string of the molecule is O=C(/C=C/c1ccccc1OC(F)F)N1CCC(C(=O)N2CCCCC2)CC1. The van der Waals surface area contributed by atoms with E-state index in [-0.39, 0.29) is 23.5 Å². The van der Waals surface area contributed by atoms with Crippen LogP contribution in [0.1, 0.15) is 37.7 Å². The first-order chi connectivity index (χ1) is 13.5. The fourth-order valence-corrected chi connectivity index (χ4v) is 3.81. The predicted octanol–water partition coefficient (Wildman–Crippen LogP) is 3.55. The van der Waals surface area contributed by atoms with Gasteiger partial charge in [0.15, 0.2) is 0 Å². The van der Waals surface area contributed by atoms with Crippen molar-refractivity contribution >= 4 is 17.9 Å². The summed E-state index contributed by atoms with van der Waals surface area (Å²) in [6.07, 6.45) is 7.54. The second-order valence-electron chi connectivity index (χ2n) is 7.24. The molecule has 0 bridgehead atoms. The van der Waals surface area contributed by atoms with E-state index in [9.17, 15) is 18.4 Å². The van der Waals surface area contributed by atoms with Crippen LogP contribution in [0.4, 0.5) is 8.78 Å². The molecule has 0 spiro atoms. The minimum Gasteiger partial charge on any atom is -0.434 e. The zero-order valence-electron chi connectivity index (χ0n) is 15.9. The van der Waals surface area contributed by atoms with Crippen molar-refractivity contribution in [3.05, 3.63) is 35.9 Å². The summed E-state index contributed by atoms with van der Waals surface area (Å²) in [4.78, 5) is 28.7. The van der Waals surface area contributed by atoms with Gasteiger partial charge in [0.1, 0.15) is 5.75 Å². The highest BCUT2D eigenvalue weighted by molar-refractivity contribution is 5.92. The molecule has 5 nitrogen and oxygen atoms in total. The summed E-state index contributed by atoms with van der Waals surface area (Å²) in [6.45, 7) is -0.158. The molecule has 0 N–H and O–H groups in total. The van der Waals surface area contributed by atoms with Crippen molar-refractivity contribution in [2.24, 2.45) is 5.92 Å². The average molecular weight is 392 g/mol. The van der Waals surface area contributed by atoms with Gasteiger partial charge in [0.2, 0.25) is 11.8 Å². The van der Waals surface area contributed by atoms with Gasteiger partial charge in [-0.25, -0.2) is 0 Å². The van der Waals surface area contributed by atoms with Crippen molar-refractivity contribution in [3.8, 4) is 5.75 Å². The molecule has 2 aliphatic rings. The summed E-state index contributed by atoms with van der Waals surface area (Å²) in [5.41, 5.74) is 0.423. The number of para-hydroxylation sites is 1. The molecular weight excluding hydrogens is 366 g/mol. The Morgan fingerprint density at radius 3 is 2.36 bits per heavy atom. The Bertz CT molecular complexity index is 709. The van der Waals surface area contributed by atoms with Gasteiger partial charge in [-0.2, -0.15) is 8.78 Å². The minimum absolute atomic E-state index is 0.00806. The zero-order valence-corrected chi connectivity index (χ0v) is 15.9. The molecule has 0 aliphatic carbocycles. The number of amides is 2. The molecule has 0 radical (unpaired) electrons. The monoisotopic (exact) mass is 392 g/mol. The number of hydrogen-bond donors (Lipinski definition) is 0. The summed E-state index contributed by atoms with van der Waals surface area (Å²) < 4.78 is 29.4. The maximum atomic E-state index is 12.6. The summed E-state index contributed by atoms with van der Waals surface area (Å²) in [5.74, 6) is 0.0646. The lowest BCUT2D eigenvalue weighted by Gasteiger charge is -2.35. The van der Waals surface area contributed by atoms with Gasteiger partial charge in [-0.3, -0.25) is 9.59 Å². The van der Waals surface area contributed by atoms with Crippen molar-refractivity contribution < 1.29 is 23.1 Å². The third-order valence-corrected chi connectivity index (χ3v) is 5.36. The van der Waals surface area contributed by atoms with E-state index in [1.54, 1.807) is 23.1 Å². The molecule has 7 heteroatoms. The van der Waals surface area contributed by atoms with Crippen LogP contribution < -0.4 is 4.74 Å². The molecular formula is C21H26F2N2O3. The van der Waals surface area contributed by atoms with Crippen molar-refractivity contribution in [1.82, 2.24) is 9.80 Å². The second-order valence-corrected chi connectivity index (χ2v) is 7.24. The molecule has 152 valence electrons. The molecule has 2 aliphatic heterocycles. The fourth-order valence-electron chi connectivity index (χ4n) is 3.81. The molecule has 2 amide bonds. The fraction of sp³-hybridized carbons (Fsp3) is 0.524. The minimum atomic E-state index is -2.92. The number of carbonyl (C=O) groups is 2. The van der Waals surface area contributed by atoms with Crippen LogP contribution in [0.5, 0.6) is 5.75 Å². The number of ether oxygens (including phenoxy) is 1. The molecule has 2 heterocycles. The van der Waals surface area contributed by atoms with Gasteiger partial charge in [-0.15, -0.1) is 0 Å². The Morgan fingerprint density at radius 2 is 1.68 bits per heavy atom. The van der Waals surface area contributed by atoms with Crippen molar-refractivity contribution in [2.75, 3.05) is 26.2 Å². The second kappa shape index (κ2) is 9.66. The van der Waals surface area contributed by atoms with E-state index in [2.05, 4.69) is 4.74 Å². The Morgan fingerprint density at radius 1 is 1.00 bits per heavy atom. The molecule has 1 aromatic carbocycles. The molecule has 0 saturated carbocycles. The number of benzene rings is 1. The smallest absolute Gasteiger partial charge is 0.387 e. The normalized spacial score (nSPS) is 18.7. The first kappa shape index (κ1) is 20.3. The number of rotatable bonds is 5. The number of nitrogens with zero attached hydrogens (tertiary/aromatic N) is 2. The van der Waals surface area contributed by atoms with Crippen LogP contribution in [0.15, 0.2) is 30.3 Å². The van der Waals surface area contributed by atoms with Crippen LogP contribution in [-0.2, 0) is 9.59 Å². The van der Waals surface area contributed by atoms with Gasteiger partial charge in [0.25, 0.3) is 0 Å². The summed E-state index contributed by atoms with van der Waals surface area (Å²) in [6, 6.07) is 6.35. The van der Waals surface area contributed by atoms with E-state index in [1.165, 1.54) is 24.6 Å². The van der Waals surface area contributed by atoms with Crippen LogP contribution in [0.25, 0.3) is 6.08 Å². The Labute approximate surface area is 163 Å². The third-order valence-electron chi connectivity index (χ3n) is 5.36. The lowest BCUT2D eigenvalue weighted by atomic mass is 9.94. The van der Waals surface area contributed by atoms with Crippen LogP contribution in [-0.4, -0.2) is 54.4 Å². The third kappa shape index (κ3) is 5.30. The number of carbonyl (C=O) groups excluding carboxylic acids is 2. The van der Waals surface area contributed by atoms with Crippen molar-refractivity contribution in [1.29, 1.82) is 0 Å². The van der Waals surface area contributed by atoms with Gasteiger partial charge in [-0.05, 0) is 44.2 Å².